The Morgan fingerprint density at radius 2 is 0.686 bits per heavy atom. The van der Waals surface area contributed by atoms with Crippen molar-refractivity contribution in [2.75, 3.05) is 4.90 Å². The minimum absolute atomic E-state index is 0.832. The van der Waals surface area contributed by atoms with Crippen LogP contribution in [0.1, 0.15) is 0 Å². The standard InChI is InChI=1S/C78H46N4O3S/c1-2-10-47(11-3-1)48-18-29-56(30-19-48)81(57-31-20-49(21-32-57)51-28-41-74-67(44-51)62-14-6-9-17-73(62)83-74)70-40-37-59(77-78(70)80-86-79-77)50-22-33-58(34-23-50)82-68-38-26-52(54-24-35-63-60-12-4-7-15-71(60)84-75(63)45-54)42-65(68)66-43-53(27-39-69(66)82)55-25-36-64-61-13-5-8-16-72(61)85-76(64)46-55/h1-46H. The van der Waals surface area contributed by atoms with Gasteiger partial charge in [0.15, 0.2) is 0 Å². The molecule has 18 rings (SSSR count). The molecule has 0 fully saturated rings. The van der Waals surface area contributed by atoms with Gasteiger partial charge in [0.25, 0.3) is 0 Å². The number of hydrogen-bond acceptors (Lipinski definition) is 7. The molecule has 18 aromatic rings. The summed E-state index contributed by atoms with van der Waals surface area (Å²) in [5.74, 6) is 0. The van der Waals surface area contributed by atoms with Gasteiger partial charge in [0, 0.05) is 65.7 Å². The van der Waals surface area contributed by atoms with Crippen molar-refractivity contribution in [1.29, 1.82) is 0 Å². The summed E-state index contributed by atoms with van der Waals surface area (Å²) in [6.45, 7) is 0. The molecule has 0 bridgehead atoms. The van der Waals surface area contributed by atoms with Crippen LogP contribution in [-0.4, -0.2) is 13.3 Å². The zero-order chi connectivity index (χ0) is 56.4. The quantitative estimate of drug-likeness (QED) is 0.143. The monoisotopic (exact) mass is 1120 g/mol. The first-order valence-corrected chi connectivity index (χ1v) is 29.6. The van der Waals surface area contributed by atoms with Gasteiger partial charge in [-0.25, -0.2) is 0 Å². The van der Waals surface area contributed by atoms with E-state index in [1.807, 2.05) is 36.4 Å². The van der Waals surface area contributed by atoms with Crippen molar-refractivity contribution in [2.45, 2.75) is 0 Å². The second-order valence-electron chi connectivity index (χ2n) is 22.2. The van der Waals surface area contributed by atoms with Crippen LogP contribution >= 0.6 is 11.7 Å². The summed E-state index contributed by atoms with van der Waals surface area (Å²) >= 11 is 1.24. The lowest BCUT2D eigenvalue weighted by molar-refractivity contribution is 0.668. The Morgan fingerprint density at radius 3 is 1.28 bits per heavy atom. The molecular weight excluding hydrogens is 1070 g/mol. The normalized spacial score (nSPS) is 12.0. The van der Waals surface area contributed by atoms with Gasteiger partial charge in [-0.05, 0) is 177 Å². The van der Waals surface area contributed by atoms with Crippen molar-refractivity contribution in [3.63, 3.8) is 0 Å². The highest BCUT2D eigenvalue weighted by atomic mass is 32.1. The fourth-order valence-electron chi connectivity index (χ4n) is 13.1. The molecule has 0 saturated carbocycles. The lowest BCUT2D eigenvalue weighted by atomic mass is 9.99. The molecule has 8 heteroatoms. The highest BCUT2D eigenvalue weighted by Crippen LogP contribution is 2.45. The molecule has 0 saturated heterocycles. The largest absolute Gasteiger partial charge is 0.456 e. The second-order valence-corrected chi connectivity index (χ2v) is 22.7. The van der Waals surface area contributed by atoms with Crippen molar-refractivity contribution in [1.82, 2.24) is 13.3 Å². The number of hydrogen-bond donors (Lipinski definition) is 0. The Kier molecular flexibility index (Phi) is 10.7. The van der Waals surface area contributed by atoms with Crippen molar-refractivity contribution < 1.29 is 13.3 Å². The third kappa shape index (κ3) is 7.74. The van der Waals surface area contributed by atoms with E-state index in [9.17, 15) is 0 Å². The summed E-state index contributed by atoms with van der Waals surface area (Å²) < 4.78 is 31.4. The molecule has 7 nitrogen and oxygen atoms in total. The van der Waals surface area contributed by atoms with Crippen LogP contribution in [0, 0.1) is 0 Å². The van der Waals surface area contributed by atoms with Crippen molar-refractivity contribution in [3.8, 4) is 61.3 Å². The SMILES string of the molecule is c1ccc(-c2ccc(N(c3ccc(-c4ccc5oc6ccccc6c5c4)cc3)c3ccc(-c4ccc(-n5c6ccc(-c7ccc8c(c7)oc7ccccc78)cc6c6cc(-c7ccc8c(c7)oc7ccccc78)ccc65)cc4)c4nsnc34)cc2)cc1. The fourth-order valence-corrected chi connectivity index (χ4v) is 13.7. The molecule has 5 aromatic heterocycles. The van der Waals surface area contributed by atoms with Gasteiger partial charge in [0.05, 0.1) is 28.4 Å². The van der Waals surface area contributed by atoms with Gasteiger partial charge in [-0.3, -0.25) is 0 Å². The van der Waals surface area contributed by atoms with Crippen LogP contribution in [0.2, 0.25) is 0 Å². The van der Waals surface area contributed by atoms with E-state index in [1.165, 1.54) is 17.3 Å². The van der Waals surface area contributed by atoms with Gasteiger partial charge < -0.3 is 22.7 Å². The van der Waals surface area contributed by atoms with Gasteiger partial charge in [0.1, 0.15) is 44.5 Å². The summed E-state index contributed by atoms with van der Waals surface area (Å²) in [5, 5.41) is 9.00. The number of para-hydroxylation sites is 3. The van der Waals surface area contributed by atoms with Crippen LogP contribution < -0.4 is 4.90 Å². The molecule has 0 unspecified atom stereocenters. The van der Waals surface area contributed by atoms with Gasteiger partial charge in [-0.1, -0.05) is 152 Å². The molecule has 0 N–H and O–H groups in total. The van der Waals surface area contributed by atoms with Crippen LogP contribution in [0.15, 0.2) is 292 Å². The third-order valence-electron chi connectivity index (χ3n) is 17.3. The van der Waals surface area contributed by atoms with Gasteiger partial charge >= 0.3 is 0 Å². The zero-order valence-corrected chi connectivity index (χ0v) is 46.8. The van der Waals surface area contributed by atoms with Crippen molar-refractivity contribution in [3.05, 3.63) is 279 Å². The number of fused-ring (bicyclic) bond motifs is 13. The molecule has 0 spiro atoms. The maximum Gasteiger partial charge on any atom is 0.136 e. The third-order valence-corrected chi connectivity index (χ3v) is 17.9. The molecule has 13 aromatic carbocycles. The van der Waals surface area contributed by atoms with E-state index in [0.717, 1.165) is 171 Å². The van der Waals surface area contributed by atoms with Crippen molar-refractivity contribution >= 4 is 127 Å². The predicted octanol–water partition coefficient (Wildman–Crippen LogP) is 22.3. The summed E-state index contributed by atoms with van der Waals surface area (Å²) in [4.78, 5) is 2.30. The molecular formula is C78H46N4O3S. The minimum atomic E-state index is 0.832. The molecule has 0 amide bonds. The average Bonchev–Trinajstić information content (AvgIpc) is 2.20. The number of benzene rings is 13. The maximum absolute atomic E-state index is 6.39. The second kappa shape index (κ2) is 19.1. The van der Waals surface area contributed by atoms with Crippen LogP contribution in [0.5, 0.6) is 0 Å². The first kappa shape index (κ1) is 48.2. The van der Waals surface area contributed by atoms with Gasteiger partial charge in [-0.15, -0.1) is 0 Å². The number of rotatable bonds is 9. The average molecular weight is 1120 g/mol. The molecule has 0 radical (unpaired) electrons. The summed E-state index contributed by atoms with van der Waals surface area (Å²) in [6, 6.07) is 99.4. The molecule has 0 aliphatic heterocycles. The van der Waals surface area contributed by atoms with E-state index in [4.69, 9.17) is 22.0 Å². The van der Waals surface area contributed by atoms with E-state index in [1.54, 1.807) is 0 Å². The first-order valence-electron chi connectivity index (χ1n) is 28.8. The first-order chi connectivity index (χ1) is 42.6. The molecule has 0 aliphatic rings. The molecule has 0 atom stereocenters. The Balaban J connectivity index is 0.730. The molecule has 0 aliphatic carbocycles. The van der Waals surface area contributed by atoms with Crippen LogP contribution in [0.4, 0.5) is 17.1 Å². The highest BCUT2D eigenvalue weighted by molar-refractivity contribution is 7.00. The van der Waals surface area contributed by atoms with E-state index in [-0.39, 0.29) is 0 Å². The van der Waals surface area contributed by atoms with E-state index in [0.29, 0.717) is 0 Å². The Labute approximate surface area is 496 Å². The summed E-state index contributed by atoms with van der Waals surface area (Å²) in [7, 11) is 0. The van der Waals surface area contributed by atoms with E-state index < -0.39 is 0 Å². The number of nitrogens with zero attached hydrogens (tertiary/aromatic N) is 4. The lowest BCUT2D eigenvalue weighted by Crippen LogP contribution is -2.10. The van der Waals surface area contributed by atoms with Gasteiger partial charge in [-0.2, -0.15) is 8.75 Å². The zero-order valence-electron chi connectivity index (χ0n) is 46.0. The van der Waals surface area contributed by atoms with Crippen molar-refractivity contribution in [2.24, 2.45) is 0 Å². The van der Waals surface area contributed by atoms with E-state index >= 15 is 0 Å². The van der Waals surface area contributed by atoms with Gasteiger partial charge in [0.2, 0.25) is 0 Å². The summed E-state index contributed by atoms with van der Waals surface area (Å²) in [6.07, 6.45) is 0. The Bertz CT molecular complexity index is 5540. The maximum atomic E-state index is 6.39. The minimum Gasteiger partial charge on any atom is -0.456 e. The predicted molar refractivity (Wildman–Crippen MR) is 355 cm³/mol. The Hall–Kier alpha value is -11.3. The fraction of sp³-hybridized carbons (Fsp3) is 0. The van der Waals surface area contributed by atoms with Crippen LogP contribution in [0.25, 0.3) is 160 Å². The summed E-state index contributed by atoms with van der Waals surface area (Å²) in [5.41, 5.74) is 24.3. The molecule has 86 heavy (non-hydrogen) atoms. The number of furan rings is 3. The van der Waals surface area contributed by atoms with Crippen LogP contribution in [-0.2, 0) is 0 Å². The molecule has 5 heterocycles. The lowest BCUT2D eigenvalue weighted by Gasteiger charge is -2.26. The Morgan fingerprint density at radius 1 is 0.279 bits per heavy atom. The molecule has 402 valence electrons. The smallest absolute Gasteiger partial charge is 0.136 e. The number of aromatic nitrogens is 3. The topological polar surface area (TPSA) is 73.4 Å². The highest BCUT2D eigenvalue weighted by Gasteiger charge is 2.23. The van der Waals surface area contributed by atoms with Crippen LogP contribution in [0.3, 0.4) is 0 Å². The van der Waals surface area contributed by atoms with E-state index in [2.05, 4.69) is 252 Å². The number of anilines is 3.